The van der Waals surface area contributed by atoms with Crippen LogP contribution in [0, 0.1) is 5.82 Å². The van der Waals surface area contributed by atoms with Gasteiger partial charge in [-0.25, -0.2) is 4.39 Å². The highest BCUT2D eigenvalue weighted by Gasteiger charge is 2.19. The largest absolute Gasteiger partial charge is 0.504 e. The van der Waals surface area contributed by atoms with Crippen molar-refractivity contribution in [2.75, 3.05) is 37.7 Å². The Hall–Kier alpha value is -2.27. The Morgan fingerprint density at radius 2 is 1.75 bits per heavy atom. The van der Waals surface area contributed by atoms with E-state index in [1.54, 1.807) is 6.07 Å². The van der Waals surface area contributed by atoms with E-state index >= 15 is 0 Å². The van der Waals surface area contributed by atoms with E-state index < -0.39 is 0 Å². The standard InChI is InChI=1S/C19H23FN2O2/c1-2-24-18-5-3-4-15(19(18)23)14-21-10-12-22(13-11-21)17-8-6-16(20)7-9-17/h3-9,23H,2,10-14H2,1H3. The molecule has 0 bridgehead atoms. The molecule has 4 nitrogen and oxygen atoms in total. The van der Waals surface area contributed by atoms with E-state index in [-0.39, 0.29) is 11.6 Å². The van der Waals surface area contributed by atoms with Gasteiger partial charge in [0.1, 0.15) is 5.82 Å². The highest BCUT2D eigenvalue weighted by molar-refractivity contribution is 5.47. The Balaban J connectivity index is 1.59. The Morgan fingerprint density at radius 3 is 2.42 bits per heavy atom. The third-order valence-corrected chi connectivity index (χ3v) is 4.34. The van der Waals surface area contributed by atoms with Gasteiger partial charge in [0.25, 0.3) is 0 Å². The maximum absolute atomic E-state index is 13.0. The first-order chi connectivity index (χ1) is 11.7. The lowest BCUT2D eigenvalue weighted by Gasteiger charge is -2.36. The van der Waals surface area contributed by atoms with Gasteiger partial charge in [-0.3, -0.25) is 4.90 Å². The van der Waals surface area contributed by atoms with Gasteiger partial charge in [0.05, 0.1) is 6.61 Å². The van der Waals surface area contributed by atoms with Crippen LogP contribution in [-0.4, -0.2) is 42.8 Å². The lowest BCUT2D eigenvalue weighted by molar-refractivity contribution is 0.244. The van der Waals surface area contributed by atoms with Crippen LogP contribution in [0.15, 0.2) is 42.5 Å². The summed E-state index contributed by atoms with van der Waals surface area (Å²) in [5.74, 6) is 0.572. The number of phenols is 1. The third-order valence-electron chi connectivity index (χ3n) is 4.34. The lowest BCUT2D eigenvalue weighted by Crippen LogP contribution is -2.45. The van der Waals surface area contributed by atoms with E-state index in [2.05, 4.69) is 9.80 Å². The van der Waals surface area contributed by atoms with Crippen molar-refractivity contribution in [2.24, 2.45) is 0 Å². The number of benzene rings is 2. The summed E-state index contributed by atoms with van der Waals surface area (Å²) >= 11 is 0. The van der Waals surface area contributed by atoms with Gasteiger partial charge in [-0.05, 0) is 37.3 Å². The minimum absolute atomic E-state index is 0.206. The van der Waals surface area contributed by atoms with Crippen LogP contribution in [-0.2, 0) is 6.54 Å². The first-order valence-corrected chi connectivity index (χ1v) is 8.34. The zero-order chi connectivity index (χ0) is 16.9. The van der Waals surface area contributed by atoms with Gasteiger partial charge >= 0.3 is 0 Å². The lowest BCUT2D eigenvalue weighted by atomic mass is 10.1. The first-order valence-electron chi connectivity index (χ1n) is 8.34. The van der Waals surface area contributed by atoms with Crippen molar-refractivity contribution < 1.29 is 14.2 Å². The van der Waals surface area contributed by atoms with Crippen LogP contribution < -0.4 is 9.64 Å². The molecule has 1 aliphatic heterocycles. The third kappa shape index (κ3) is 3.79. The number of piperazine rings is 1. The number of aromatic hydroxyl groups is 1. The zero-order valence-corrected chi connectivity index (χ0v) is 13.9. The van der Waals surface area contributed by atoms with Gasteiger partial charge in [-0.1, -0.05) is 12.1 Å². The van der Waals surface area contributed by atoms with Crippen molar-refractivity contribution in [3.63, 3.8) is 0 Å². The average Bonchev–Trinajstić information content (AvgIpc) is 2.60. The molecule has 0 saturated carbocycles. The van der Waals surface area contributed by atoms with Crippen LogP contribution in [0.5, 0.6) is 11.5 Å². The molecule has 1 aliphatic rings. The summed E-state index contributed by atoms with van der Waals surface area (Å²) in [5.41, 5.74) is 1.94. The number of anilines is 1. The topological polar surface area (TPSA) is 35.9 Å². The van der Waals surface area contributed by atoms with Crippen LogP contribution in [0.3, 0.4) is 0 Å². The van der Waals surface area contributed by atoms with E-state index in [9.17, 15) is 9.50 Å². The minimum Gasteiger partial charge on any atom is -0.504 e. The second-order valence-corrected chi connectivity index (χ2v) is 5.94. The molecule has 0 unspecified atom stereocenters. The number of ether oxygens (including phenoxy) is 1. The predicted molar refractivity (Wildman–Crippen MR) is 93.2 cm³/mol. The second kappa shape index (κ2) is 7.53. The van der Waals surface area contributed by atoms with Crippen molar-refractivity contribution in [2.45, 2.75) is 13.5 Å². The van der Waals surface area contributed by atoms with Crippen LogP contribution in [0.25, 0.3) is 0 Å². The van der Waals surface area contributed by atoms with Crippen LogP contribution in [0.1, 0.15) is 12.5 Å². The Kier molecular flexibility index (Phi) is 5.20. The van der Waals surface area contributed by atoms with Gasteiger partial charge in [-0.15, -0.1) is 0 Å². The summed E-state index contributed by atoms with van der Waals surface area (Å²) in [6, 6.07) is 12.3. The number of hydrogen-bond donors (Lipinski definition) is 1. The fraction of sp³-hybridized carbons (Fsp3) is 0.368. The highest BCUT2D eigenvalue weighted by Crippen LogP contribution is 2.31. The number of rotatable bonds is 5. The molecule has 0 aliphatic carbocycles. The minimum atomic E-state index is -0.206. The van der Waals surface area contributed by atoms with Crippen molar-refractivity contribution in [1.29, 1.82) is 0 Å². The predicted octanol–water partition coefficient (Wildman–Crippen LogP) is 3.25. The van der Waals surface area contributed by atoms with Crippen molar-refractivity contribution in [3.05, 3.63) is 53.8 Å². The molecular formula is C19H23FN2O2. The monoisotopic (exact) mass is 330 g/mol. The zero-order valence-electron chi connectivity index (χ0n) is 13.9. The maximum Gasteiger partial charge on any atom is 0.162 e. The number of hydrogen-bond acceptors (Lipinski definition) is 4. The molecule has 1 saturated heterocycles. The Bertz CT molecular complexity index is 668. The molecule has 128 valence electrons. The summed E-state index contributed by atoms with van der Waals surface area (Å²) in [6.45, 7) is 6.71. The summed E-state index contributed by atoms with van der Waals surface area (Å²) in [4.78, 5) is 4.57. The van der Waals surface area contributed by atoms with E-state index in [0.29, 0.717) is 18.9 Å². The molecule has 1 fully saturated rings. The van der Waals surface area contributed by atoms with Crippen molar-refractivity contribution in [1.82, 2.24) is 4.90 Å². The number of nitrogens with zero attached hydrogens (tertiary/aromatic N) is 2. The van der Waals surface area contributed by atoms with Gasteiger partial charge in [-0.2, -0.15) is 0 Å². The highest BCUT2D eigenvalue weighted by atomic mass is 19.1. The molecule has 2 aromatic rings. The molecule has 1 N–H and O–H groups in total. The first kappa shape index (κ1) is 16.6. The molecule has 2 aromatic carbocycles. The quantitative estimate of drug-likeness (QED) is 0.913. The fourth-order valence-electron chi connectivity index (χ4n) is 3.02. The van der Waals surface area contributed by atoms with E-state index in [4.69, 9.17) is 4.74 Å². The molecule has 0 atom stereocenters. The summed E-state index contributed by atoms with van der Waals surface area (Å²) in [5, 5.41) is 10.3. The second-order valence-electron chi connectivity index (χ2n) is 5.94. The smallest absolute Gasteiger partial charge is 0.162 e. The van der Waals surface area contributed by atoms with Gasteiger partial charge in [0.2, 0.25) is 0 Å². The molecule has 0 radical (unpaired) electrons. The van der Waals surface area contributed by atoms with Gasteiger partial charge in [0, 0.05) is 44.0 Å². The number of phenolic OH excluding ortho intramolecular Hbond substituents is 1. The summed E-state index contributed by atoms with van der Waals surface area (Å²) in [6.07, 6.45) is 0. The molecule has 24 heavy (non-hydrogen) atoms. The van der Waals surface area contributed by atoms with Crippen LogP contribution in [0.2, 0.25) is 0 Å². The molecule has 0 aromatic heterocycles. The van der Waals surface area contributed by atoms with Crippen LogP contribution in [0.4, 0.5) is 10.1 Å². The molecule has 0 amide bonds. The maximum atomic E-state index is 13.0. The molecule has 5 heteroatoms. The molecule has 0 spiro atoms. The summed E-state index contributed by atoms with van der Waals surface area (Å²) < 4.78 is 18.5. The van der Waals surface area contributed by atoms with E-state index in [0.717, 1.165) is 37.4 Å². The van der Waals surface area contributed by atoms with Gasteiger partial charge in [0.15, 0.2) is 11.5 Å². The van der Waals surface area contributed by atoms with Crippen molar-refractivity contribution >= 4 is 5.69 Å². The molecule has 3 rings (SSSR count). The molecule has 1 heterocycles. The fourth-order valence-corrected chi connectivity index (χ4v) is 3.02. The van der Waals surface area contributed by atoms with E-state index in [1.165, 1.54) is 12.1 Å². The average molecular weight is 330 g/mol. The Labute approximate surface area is 142 Å². The van der Waals surface area contributed by atoms with E-state index in [1.807, 2.05) is 31.2 Å². The number of halogens is 1. The normalized spacial score (nSPS) is 15.5. The Morgan fingerprint density at radius 1 is 1.04 bits per heavy atom. The molecular weight excluding hydrogens is 307 g/mol. The SMILES string of the molecule is CCOc1cccc(CN2CCN(c3ccc(F)cc3)CC2)c1O. The van der Waals surface area contributed by atoms with Crippen LogP contribution >= 0.6 is 0 Å². The van der Waals surface area contributed by atoms with Crippen molar-refractivity contribution in [3.8, 4) is 11.5 Å². The summed E-state index contributed by atoms with van der Waals surface area (Å²) in [7, 11) is 0. The van der Waals surface area contributed by atoms with Gasteiger partial charge < -0.3 is 14.7 Å². The number of para-hydroxylation sites is 1.